The van der Waals surface area contributed by atoms with Crippen molar-refractivity contribution in [2.75, 3.05) is 39.6 Å². The number of carboxylic acid groups (broad SMARTS) is 1. The number of carbonyl (C=O) groups is 1. The van der Waals surface area contributed by atoms with Crippen LogP contribution < -0.4 is 0 Å². The Morgan fingerprint density at radius 2 is 1.53 bits per heavy atom. The Bertz CT molecular complexity index is 182. The molecule has 1 N–H and O–H groups in total. The van der Waals surface area contributed by atoms with Crippen LogP contribution in [0.5, 0.6) is 0 Å². The molecule has 0 radical (unpaired) electrons. The maximum atomic E-state index is 10.2. The monoisotopic (exact) mass is 248 g/mol. The second-order valence-electron chi connectivity index (χ2n) is 4.19. The van der Waals surface area contributed by atoms with Crippen LogP contribution in [0, 0.1) is 5.92 Å². The Labute approximate surface area is 103 Å². The van der Waals surface area contributed by atoms with Gasteiger partial charge in [-0.3, -0.25) is 4.79 Å². The first-order valence-electron chi connectivity index (χ1n) is 6.08. The lowest BCUT2D eigenvalue weighted by Gasteiger charge is -2.07. The van der Waals surface area contributed by atoms with Crippen molar-refractivity contribution in [2.24, 2.45) is 5.92 Å². The Kier molecular flexibility index (Phi) is 11.4. The van der Waals surface area contributed by atoms with Gasteiger partial charge in [0.25, 0.3) is 0 Å². The second kappa shape index (κ2) is 11.8. The number of hydrogen-bond donors (Lipinski definition) is 1. The van der Waals surface area contributed by atoms with E-state index in [1.165, 1.54) is 0 Å². The minimum absolute atomic E-state index is 0.157. The van der Waals surface area contributed by atoms with Crippen molar-refractivity contribution >= 4 is 5.97 Å². The van der Waals surface area contributed by atoms with Crippen LogP contribution >= 0.6 is 0 Å². The molecular weight excluding hydrogens is 224 g/mol. The molecule has 0 aromatic carbocycles. The average molecular weight is 248 g/mol. The molecule has 0 amide bonds. The quantitative estimate of drug-likeness (QED) is 0.531. The molecule has 0 unspecified atom stereocenters. The number of rotatable bonds is 12. The van der Waals surface area contributed by atoms with E-state index in [4.69, 9.17) is 19.3 Å². The van der Waals surface area contributed by atoms with Crippen LogP contribution in [-0.4, -0.2) is 50.7 Å². The van der Waals surface area contributed by atoms with Gasteiger partial charge >= 0.3 is 5.97 Å². The van der Waals surface area contributed by atoms with E-state index in [0.717, 1.165) is 6.61 Å². The fourth-order valence-corrected chi connectivity index (χ4v) is 1.08. The van der Waals surface area contributed by atoms with Crippen molar-refractivity contribution < 1.29 is 24.1 Å². The summed E-state index contributed by atoms with van der Waals surface area (Å²) in [6.45, 7) is 7.65. The van der Waals surface area contributed by atoms with E-state index in [1.54, 1.807) is 0 Å². The first-order chi connectivity index (χ1) is 8.13. The number of ether oxygens (including phenoxy) is 3. The van der Waals surface area contributed by atoms with Crippen LogP contribution in [0.15, 0.2) is 0 Å². The Morgan fingerprint density at radius 1 is 1.00 bits per heavy atom. The summed E-state index contributed by atoms with van der Waals surface area (Å²) < 4.78 is 15.8. The Morgan fingerprint density at radius 3 is 2.06 bits per heavy atom. The van der Waals surface area contributed by atoms with Crippen LogP contribution in [0.25, 0.3) is 0 Å². The molecule has 5 nitrogen and oxygen atoms in total. The van der Waals surface area contributed by atoms with Crippen molar-refractivity contribution in [3.05, 3.63) is 0 Å². The molecular formula is C12H24O5. The zero-order valence-electron chi connectivity index (χ0n) is 10.8. The van der Waals surface area contributed by atoms with Gasteiger partial charge in [0.05, 0.1) is 26.4 Å². The molecule has 0 spiro atoms. The van der Waals surface area contributed by atoms with E-state index in [1.807, 2.05) is 0 Å². The fourth-order valence-electron chi connectivity index (χ4n) is 1.08. The zero-order valence-corrected chi connectivity index (χ0v) is 10.8. The topological polar surface area (TPSA) is 65.0 Å². The first-order valence-corrected chi connectivity index (χ1v) is 6.08. The van der Waals surface area contributed by atoms with Crippen LogP contribution in [0.4, 0.5) is 0 Å². The molecule has 0 rings (SSSR count). The molecule has 0 aliphatic carbocycles. The van der Waals surface area contributed by atoms with E-state index in [2.05, 4.69) is 13.8 Å². The SMILES string of the molecule is CC(C)COCCOCCOCCCC(=O)O. The van der Waals surface area contributed by atoms with Gasteiger partial charge in [-0.25, -0.2) is 0 Å². The third kappa shape index (κ3) is 15.4. The molecule has 0 saturated heterocycles. The van der Waals surface area contributed by atoms with Crippen molar-refractivity contribution in [1.82, 2.24) is 0 Å². The Balaban J connectivity index is 2.96. The lowest BCUT2D eigenvalue weighted by molar-refractivity contribution is -0.137. The maximum absolute atomic E-state index is 10.2. The van der Waals surface area contributed by atoms with Gasteiger partial charge in [0.2, 0.25) is 0 Å². The zero-order chi connectivity index (χ0) is 12.9. The minimum Gasteiger partial charge on any atom is -0.481 e. The molecule has 0 aromatic rings. The fraction of sp³-hybridized carbons (Fsp3) is 0.917. The normalized spacial score (nSPS) is 11.0. The molecule has 0 saturated carbocycles. The summed E-state index contributed by atoms with van der Waals surface area (Å²) in [6.07, 6.45) is 0.705. The third-order valence-corrected chi connectivity index (χ3v) is 1.87. The van der Waals surface area contributed by atoms with Gasteiger partial charge in [-0.1, -0.05) is 13.8 Å². The average Bonchev–Trinajstić information content (AvgIpc) is 2.25. The van der Waals surface area contributed by atoms with Crippen molar-refractivity contribution in [3.8, 4) is 0 Å². The van der Waals surface area contributed by atoms with Gasteiger partial charge in [-0.15, -0.1) is 0 Å². The van der Waals surface area contributed by atoms with Crippen LogP contribution in [0.2, 0.25) is 0 Å². The second-order valence-corrected chi connectivity index (χ2v) is 4.19. The van der Waals surface area contributed by atoms with Crippen molar-refractivity contribution in [3.63, 3.8) is 0 Å². The van der Waals surface area contributed by atoms with Crippen LogP contribution in [0.3, 0.4) is 0 Å². The van der Waals surface area contributed by atoms with Crippen molar-refractivity contribution in [1.29, 1.82) is 0 Å². The summed E-state index contributed by atoms with van der Waals surface area (Å²) in [4.78, 5) is 10.2. The van der Waals surface area contributed by atoms with Crippen LogP contribution in [0.1, 0.15) is 26.7 Å². The molecule has 0 aliphatic rings. The Hall–Kier alpha value is -0.650. The lowest BCUT2D eigenvalue weighted by Crippen LogP contribution is -2.12. The standard InChI is InChI=1S/C12H24O5/c1-11(2)10-17-9-8-16-7-6-15-5-3-4-12(13)14/h11H,3-10H2,1-2H3,(H,13,14). The highest BCUT2D eigenvalue weighted by molar-refractivity contribution is 5.66. The number of carboxylic acids is 1. The van der Waals surface area contributed by atoms with Gasteiger partial charge in [0, 0.05) is 19.6 Å². The minimum atomic E-state index is -0.785. The summed E-state index contributed by atoms with van der Waals surface area (Å²) >= 11 is 0. The van der Waals surface area contributed by atoms with Gasteiger partial charge in [-0.2, -0.15) is 0 Å². The summed E-state index contributed by atoms with van der Waals surface area (Å²) in [5.74, 6) is -0.236. The molecule has 0 bridgehead atoms. The van der Waals surface area contributed by atoms with Gasteiger partial charge < -0.3 is 19.3 Å². The van der Waals surface area contributed by atoms with E-state index in [9.17, 15) is 4.79 Å². The molecule has 17 heavy (non-hydrogen) atoms. The van der Waals surface area contributed by atoms with Gasteiger partial charge in [-0.05, 0) is 12.3 Å². The summed E-state index contributed by atoms with van der Waals surface area (Å²) in [6, 6.07) is 0. The van der Waals surface area contributed by atoms with E-state index in [0.29, 0.717) is 45.4 Å². The van der Waals surface area contributed by atoms with Gasteiger partial charge in [0.15, 0.2) is 0 Å². The summed E-state index contributed by atoms with van der Waals surface area (Å²) in [5, 5.41) is 8.38. The predicted octanol–water partition coefficient (Wildman–Crippen LogP) is 1.56. The highest BCUT2D eigenvalue weighted by Gasteiger charge is 1.96. The molecule has 0 fully saturated rings. The highest BCUT2D eigenvalue weighted by atomic mass is 16.5. The third-order valence-electron chi connectivity index (χ3n) is 1.87. The van der Waals surface area contributed by atoms with Crippen LogP contribution in [-0.2, 0) is 19.0 Å². The molecule has 5 heteroatoms. The predicted molar refractivity (Wildman–Crippen MR) is 64.2 cm³/mol. The van der Waals surface area contributed by atoms with E-state index >= 15 is 0 Å². The van der Waals surface area contributed by atoms with Crippen molar-refractivity contribution in [2.45, 2.75) is 26.7 Å². The molecule has 0 aromatic heterocycles. The number of hydrogen-bond acceptors (Lipinski definition) is 4. The largest absolute Gasteiger partial charge is 0.481 e. The lowest BCUT2D eigenvalue weighted by atomic mass is 10.2. The highest BCUT2D eigenvalue weighted by Crippen LogP contribution is 1.92. The van der Waals surface area contributed by atoms with E-state index < -0.39 is 5.97 Å². The first kappa shape index (κ1) is 16.4. The molecule has 0 atom stereocenters. The summed E-state index contributed by atoms with van der Waals surface area (Å²) in [7, 11) is 0. The van der Waals surface area contributed by atoms with Gasteiger partial charge in [0.1, 0.15) is 0 Å². The molecule has 0 aliphatic heterocycles. The smallest absolute Gasteiger partial charge is 0.303 e. The summed E-state index contributed by atoms with van der Waals surface area (Å²) in [5.41, 5.74) is 0. The molecule has 0 heterocycles. The molecule has 102 valence electrons. The number of aliphatic carboxylic acids is 1. The maximum Gasteiger partial charge on any atom is 0.303 e. The van der Waals surface area contributed by atoms with E-state index in [-0.39, 0.29) is 6.42 Å².